The van der Waals surface area contributed by atoms with Crippen molar-refractivity contribution >= 4 is 17.7 Å². The Labute approximate surface area is 85.8 Å². The smallest absolute Gasteiger partial charge is 0.464 e. The summed E-state index contributed by atoms with van der Waals surface area (Å²) in [5, 5.41) is 3.36. The zero-order valence-corrected chi connectivity index (χ0v) is 8.04. The lowest BCUT2D eigenvalue weighted by Crippen LogP contribution is -2.35. The van der Waals surface area contributed by atoms with Crippen LogP contribution in [0, 0.1) is 0 Å². The minimum atomic E-state index is -5.63. The van der Waals surface area contributed by atoms with Crippen LogP contribution in [-0.2, 0) is 4.79 Å². The van der Waals surface area contributed by atoms with E-state index < -0.39 is 47.4 Å². The summed E-state index contributed by atoms with van der Waals surface area (Å²) in [5.74, 6) is -2.12. The summed E-state index contributed by atoms with van der Waals surface area (Å²) in [6.45, 7) is 0. The SMILES string of the molecule is N[C@@H](CCSC(F)(F)C(F)(F)F)C(=O)O. The maximum Gasteiger partial charge on any atom is 0.464 e. The van der Waals surface area contributed by atoms with Gasteiger partial charge in [-0.25, -0.2) is 0 Å². The second-order valence-electron chi connectivity index (χ2n) is 2.60. The molecule has 0 aromatic heterocycles. The van der Waals surface area contributed by atoms with Crippen LogP contribution in [0.4, 0.5) is 22.0 Å². The molecule has 0 amide bonds. The maximum atomic E-state index is 12.2. The number of rotatable bonds is 5. The Morgan fingerprint density at radius 2 is 1.80 bits per heavy atom. The Morgan fingerprint density at radius 1 is 1.33 bits per heavy atom. The molecule has 0 spiro atoms. The summed E-state index contributed by atoms with van der Waals surface area (Å²) in [6, 6.07) is -1.43. The fourth-order valence-electron chi connectivity index (χ4n) is 0.519. The number of aliphatic carboxylic acids is 1. The molecule has 15 heavy (non-hydrogen) atoms. The van der Waals surface area contributed by atoms with E-state index >= 15 is 0 Å². The van der Waals surface area contributed by atoms with Gasteiger partial charge < -0.3 is 10.8 Å². The Balaban J connectivity index is 4.01. The molecular formula is C6H8F5NO2S. The number of hydrogen-bond acceptors (Lipinski definition) is 3. The third kappa shape index (κ3) is 4.65. The quantitative estimate of drug-likeness (QED) is 0.732. The van der Waals surface area contributed by atoms with E-state index in [9.17, 15) is 26.7 Å². The summed E-state index contributed by atoms with van der Waals surface area (Å²) >= 11 is -0.670. The van der Waals surface area contributed by atoms with E-state index in [1.54, 1.807) is 0 Å². The standard InChI is InChI=1S/C6H8F5NO2S/c7-5(8,9)6(10,11)15-2-1-3(12)4(13)14/h3H,1-2,12H2,(H,13,14)/t3-/m0/s1. The molecule has 0 aliphatic heterocycles. The van der Waals surface area contributed by atoms with Gasteiger partial charge in [0, 0.05) is 5.75 Å². The molecular weight excluding hydrogens is 245 g/mol. The predicted molar refractivity (Wildman–Crippen MR) is 43.7 cm³/mol. The summed E-state index contributed by atoms with van der Waals surface area (Å²) in [7, 11) is 0. The van der Waals surface area contributed by atoms with Crippen LogP contribution in [0.15, 0.2) is 0 Å². The van der Waals surface area contributed by atoms with Crippen LogP contribution in [-0.4, -0.2) is 34.3 Å². The fourth-order valence-corrected chi connectivity index (χ4v) is 1.31. The Kier molecular flexibility index (Phi) is 4.78. The first-order chi connectivity index (χ1) is 6.58. The molecule has 0 aliphatic carbocycles. The molecule has 3 N–H and O–H groups in total. The largest absolute Gasteiger partial charge is 0.480 e. The normalized spacial score (nSPS) is 15.1. The first-order valence-electron chi connectivity index (χ1n) is 3.65. The average molecular weight is 253 g/mol. The van der Waals surface area contributed by atoms with Crippen molar-refractivity contribution < 1.29 is 31.9 Å². The van der Waals surface area contributed by atoms with Gasteiger partial charge in [0.15, 0.2) is 0 Å². The summed E-state index contributed by atoms with van der Waals surface area (Å²) < 4.78 is 59.3. The van der Waals surface area contributed by atoms with E-state index in [0.29, 0.717) is 0 Å². The zero-order valence-electron chi connectivity index (χ0n) is 7.22. The van der Waals surface area contributed by atoms with Gasteiger partial charge in [0.25, 0.3) is 0 Å². The van der Waals surface area contributed by atoms with Crippen molar-refractivity contribution in [1.29, 1.82) is 0 Å². The van der Waals surface area contributed by atoms with Crippen LogP contribution >= 0.6 is 11.8 Å². The van der Waals surface area contributed by atoms with Gasteiger partial charge >= 0.3 is 17.4 Å². The van der Waals surface area contributed by atoms with E-state index in [-0.39, 0.29) is 0 Å². The summed E-state index contributed by atoms with van der Waals surface area (Å²) in [6.07, 6.45) is -6.09. The lowest BCUT2D eigenvalue weighted by molar-refractivity contribution is -0.237. The number of carbonyl (C=O) groups is 1. The molecule has 1 atom stereocenters. The Morgan fingerprint density at radius 3 is 2.13 bits per heavy atom. The number of hydrogen-bond donors (Lipinski definition) is 2. The van der Waals surface area contributed by atoms with Crippen molar-refractivity contribution in [1.82, 2.24) is 0 Å². The van der Waals surface area contributed by atoms with Crippen LogP contribution in [0.25, 0.3) is 0 Å². The van der Waals surface area contributed by atoms with Crippen LogP contribution < -0.4 is 5.73 Å². The third-order valence-electron chi connectivity index (χ3n) is 1.36. The monoisotopic (exact) mass is 253 g/mol. The van der Waals surface area contributed by atoms with Gasteiger partial charge in [-0.05, 0) is 6.42 Å². The molecule has 0 fully saturated rings. The van der Waals surface area contributed by atoms with Gasteiger partial charge in [-0.1, -0.05) is 11.8 Å². The molecule has 0 bridgehead atoms. The van der Waals surface area contributed by atoms with Crippen LogP contribution in [0.1, 0.15) is 6.42 Å². The highest BCUT2D eigenvalue weighted by Gasteiger charge is 2.57. The van der Waals surface area contributed by atoms with E-state index in [1.807, 2.05) is 0 Å². The van der Waals surface area contributed by atoms with Crippen molar-refractivity contribution in [2.24, 2.45) is 5.73 Å². The molecule has 0 saturated heterocycles. The van der Waals surface area contributed by atoms with Crippen molar-refractivity contribution in [2.75, 3.05) is 5.75 Å². The molecule has 0 saturated carbocycles. The Hall–Kier alpha value is -0.570. The molecule has 0 rings (SSSR count). The van der Waals surface area contributed by atoms with E-state index in [1.165, 1.54) is 0 Å². The molecule has 9 heteroatoms. The maximum absolute atomic E-state index is 12.2. The van der Waals surface area contributed by atoms with Crippen LogP contribution in [0.3, 0.4) is 0 Å². The summed E-state index contributed by atoms with van der Waals surface area (Å²) in [4.78, 5) is 10.1. The first kappa shape index (κ1) is 14.4. The van der Waals surface area contributed by atoms with Crippen molar-refractivity contribution in [2.45, 2.75) is 23.9 Å². The number of carboxylic acid groups (broad SMARTS) is 1. The predicted octanol–water partition coefficient (Wildman–Crippen LogP) is 1.68. The third-order valence-corrected chi connectivity index (χ3v) is 2.39. The van der Waals surface area contributed by atoms with E-state index in [2.05, 4.69) is 0 Å². The molecule has 0 aliphatic rings. The Bertz CT molecular complexity index is 232. The molecule has 90 valence electrons. The van der Waals surface area contributed by atoms with Crippen molar-refractivity contribution in [3.05, 3.63) is 0 Å². The average Bonchev–Trinajstić information content (AvgIpc) is 2.01. The minimum absolute atomic E-state index is 0.453. The van der Waals surface area contributed by atoms with Crippen molar-refractivity contribution in [3.8, 4) is 0 Å². The second kappa shape index (κ2) is 4.97. The molecule has 0 heterocycles. The number of thioether (sulfide) groups is 1. The van der Waals surface area contributed by atoms with Gasteiger partial charge in [-0.15, -0.1) is 0 Å². The zero-order chi connectivity index (χ0) is 12.3. The van der Waals surface area contributed by atoms with E-state index in [4.69, 9.17) is 10.8 Å². The number of halogens is 5. The number of nitrogens with two attached hydrogens (primary N) is 1. The van der Waals surface area contributed by atoms with Gasteiger partial charge in [0.1, 0.15) is 6.04 Å². The lowest BCUT2D eigenvalue weighted by Gasteiger charge is -2.18. The van der Waals surface area contributed by atoms with Crippen molar-refractivity contribution in [3.63, 3.8) is 0 Å². The van der Waals surface area contributed by atoms with Gasteiger partial charge in [-0.3, -0.25) is 4.79 Å². The fraction of sp³-hybridized carbons (Fsp3) is 0.833. The second-order valence-corrected chi connectivity index (χ2v) is 3.81. The topological polar surface area (TPSA) is 63.3 Å². The highest BCUT2D eigenvalue weighted by atomic mass is 32.2. The van der Waals surface area contributed by atoms with Gasteiger partial charge in [0.05, 0.1) is 0 Å². The highest BCUT2D eigenvalue weighted by Crippen LogP contribution is 2.44. The molecule has 0 unspecified atom stereocenters. The molecule has 0 aromatic rings. The van der Waals surface area contributed by atoms with E-state index in [0.717, 1.165) is 0 Å². The van der Waals surface area contributed by atoms with Gasteiger partial charge in [0.2, 0.25) is 0 Å². The molecule has 0 radical (unpaired) electrons. The highest BCUT2D eigenvalue weighted by molar-refractivity contribution is 8.00. The lowest BCUT2D eigenvalue weighted by atomic mass is 10.2. The number of alkyl halides is 5. The number of carboxylic acids is 1. The molecule has 3 nitrogen and oxygen atoms in total. The first-order valence-corrected chi connectivity index (χ1v) is 4.63. The van der Waals surface area contributed by atoms with Crippen LogP contribution in [0.5, 0.6) is 0 Å². The summed E-state index contributed by atoms with van der Waals surface area (Å²) in [5.41, 5.74) is 4.92. The van der Waals surface area contributed by atoms with Gasteiger partial charge in [-0.2, -0.15) is 22.0 Å². The minimum Gasteiger partial charge on any atom is -0.480 e. The van der Waals surface area contributed by atoms with Crippen LogP contribution in [0.2, 0.25) is 0 Å². The molecule has 0 aromatic carbocycles.